The Balaban J connectivity index is 2.26. The molecule has 1 N–H and O–H groups in total. The van der Waals surface area contributed by atoms with Crippen molar-refractivity contribution in [3.05, 3.63) is 45.2 Å². The van der Waals surface area contributed by atoms with E-state index in [1.807, 2.05) is 14.0 Å². The Morgan fingerprint density at radius 2 is 2.26 bits per heavy atom. The summed E-state index contributed by atoms with van der Waals surface area (Å²) in [7, 11) is 1.87. The normalized spacial score (nSPS) is 12.6. The molecule has 1 unspecified atom stereocenters. The van der Waals surface area contributed by atoms with Gasteiger partial charge in [0.1, 0.15) is 5.82 Å². The van der Waals surface area contributed by atoms with Crippen LogP contribution in [0, 0.1) is 5.82 Å². The number of nitrogens with one attached hydrogen (secondary N) is 1. The average Bonchev–Trinajstić information content (AvgIpc) is 2.88. The molecule has 1 atom stereocenters. The Morgan fingerprint density at radius 3 is 2.95 bits per heavy atom. The first-order chi connectivity index (χ1) is 9.15. The number of aromatic nitrogens is 2. The lowest BCUT2D eigenvalue weighted by molar-refractivity contribution is 0.587. The molecule has 102 valence electrons. The molecule has 0 aliphatic heterocycles. The summed E-state index contributed by atoms with van der Waals surface area (Å²) >= 11 is 7.49. The van der Waals surface area contributed by atoms with Crippen LogP contribution in [0.3, 0.4) is 0 Å². The second-order valence-electron chi connectivity index (χ2n) is 4.22. The molecule has 3 nitrogen and oxygen atoms in total. The molecule has 2 rings (SSSR count). The summed E-state index contributed by atoms with van der Waals surface area (Å²) in [6, 6.07) is 4.48. The second-order valence-corrected chi connectivity index (χ2v) is 5.41. The highest BCUT2D eigenvalue weighted by Gasteiger charge is 2.18. The fourth-order valence-electron chi connectivity index (χ4n) is 1.97. The van der Waals surface area contributed by atoms with E-state index in [0.717, 1.165) is 22.6 Å². The molecule has 0 aliphatic rings. The summed E-state index contributed by atoms with van der Waals surface area (Å²) < 4.78 is 17.3. The molecule has 0 fully saturated rings. The number of hydrogen-bond donors (Lipinski definition) is 1. The Kier molecular flexibility index (Phi) is 4.85. The van der Waals surface area contributed by atoms with E-state index in [1.165, 1.54) is 23.7 Å². The lowest BCUT2D eigenvalue weighted by atomic mass is 10.0. The highest BCUT2D eigenvalue weighted by molar-refractivity contribution is 7.05. The van der Waals surface area contributed by atoms with Crippen molar-refractivity contribution in [2.45, 2.75) is 25.8 Å². The maximum Gasteiger partial charge on any atom is 0.123 e. The van der Waals surface area contributed by atoms with Gasteiger partial charge in [0.2, 0.25) is 0 Å². The zero-order valence-electron chi connectivity index (χ0n) is 10.8. The molecule has 0 saturated carbocycles. The van der Waals surface area contributed by atoms with Crippen LogP contribution >= 0.6 is 23.1 Å². The van der Waals surface area contributed by atoms with Gasteiger partial charge in [-0.05, 0) is 55.2 Å². The van der Waals surface area contributed by atoms with Crippen molar-refractivity contribution in [2.75, 3.05) is 7.05 Å². The zero-order chi connectivity index (χ0) is 13.8. The number of benzene rings is 1. The van der Waals surface area contributed by atoms with Crippen molar-refractivity contribution < 1.29 is 4.39 Å². The van der Waals surface area contributed by atoms with Gasteiger partial charge in [-0.2, -0.15) is 0 Å². The number of rotatable bonds is 5. The molecule has 0 bridgehead atoms. The highest BCUT2D eigenvalue weighted by Crippen LogP contribution is 2.27. The number of halogens is 2. The quantitative estimate of drug-likeness (QED) is 0.919. The highest BCUT2D eigenvalue weighted by atomic mass is 35.5. The van der Waals surface area contributed by atoms with Crippen molar-refractivity contribution in [1.82, 2.24) is 14.9 Å². The van der Waals surface area contributed by atoms with Crippen LogP contribution in [0.4, 0.5) is 4.39 Å². The number of likely N-dealkylation sites (N-methyl/N-ethyl adjacent to an activating group) is 1. The van der Waals surface area contributed by atoms with Gasteiger partial charge in [-0.1, -0.05) is 23.0 Å². The third-order valence-electron chi connectivity index (χ3n) is 3.02. The van der Waals surface area contributed by atoms with Crippen molar-refractivity contribution in [1.29, 1.82) is 0 Å². The van der Waals surface area contributed by atoms with Gasteiger partial charge >= 0.3 is 0 Å². The van der Waals surface area contributed by atoms with E-state index in [2.05, 4.69) is 14.9 Å². The monoisotopic (exact) mass is 299 g/mol. The van der Waals surface area contributed by atoms with E-state index < -0.39 is 0 Å². The van der Waals surface area contributed by atoms with Crippen LogP contribution in [0.1, 0.15) is 29.1 Å². The van der Waals surface area contributed by atoms with Crippen LogP contribution in [-0.2, 0) is 12.8 Å². The standard InChI is InChI=1S/C13H15ClFN3S/c1-3-11-13(19-18-17-11)12(16-2)7-8-6-9(15)4-5-10(8)14/h4-6,12,16H,3,7H2,1-2H3. The minimum Gasteiger partial charge on any atom is -0.312 e. The minimum absolute atomic E-state index is 0.0502. The Bertz CT molecular complexity index is 559. The molecule has 0 radical (unpaired) electrons. The van der Waals surface area contributed by atoms with Crippen LogP contribution in [0.15, 0.2) is 18.2 Å². The summed E-state index contributed by atoms with van der Waals surface area (Å²) in [5.41, 5.74) is 1.77. The maximum absolute atomic E-state index is 13.3. The SMILES string of the molecule is CCc1nnsc1C(Cc1cc(F)ccc1Cl)NC. The fraction of sp³-hybridized carbons (Fsp3) is 0.385. The van der Waals surface area contributed by atoms with Crippen molar-refractivity contribution in [3.8, 4) is 0 Å². The first-order valence-electron chi connectivity index (χ1n) is 6.08. The molecule has 1 aromatic heterocycles. The van der Waals surface area contributed by atoms with E-state index >= 15 is 0 Å². The Hall–Kier alpha value is -1.04. The number of nitrogens with zero attached hydrogens (tertiary/aromatic N) is 2. The van der Waals surface area contributed by atoms with Gasteiger partial charge in [-0.15, -0.1) is 5.10 Å². The van der Waals surface area contributed by atoms with Crippen LogP contribution in [0.25, 0.3) is 0 Å². The molecular weight excluding hydrogens is 285 g/mol. The average molecular weight is 300 g/mol. The van der Waals surface area contributed by atoms with E-state index in [9.17, 15) is 4.39 Å². The van der Waals surface area contributed by atoms with E-state index in [1.54, 1.807) is 6.07 Å². The molecule has 0 aliphatic carbocycles. The van der Waals surface area contributed by atoms with Gasteiger partial charge in [-0.25, -0.2) is 4.39 Å². The van der Waals surface area contributed by atoms with Crippen molar-refractivity contribution in [3.63, 3.8) is 0 Å². The number of hydrogen-bond acceptors (Lipinski definition) is 4. The Labute approximate surface area is 121 Å². The van der Waals surface area contributed by atoms with Gasteiger partial charge in [0, 0.05) is 11.1 Å². The summed E-state index contributed by atoms with van der Waals surface area (Å²) in [6.45, 7) is 2.04. The van der Waals surface area contributed by atoms with Gasteiger partial charge in [0.25, 0.3) is 0 Å². The van der Waals surface area contributed by atoms with Crippen molar-refractivity contribution in [2.24, 2.45) is 0 Å². The predicted octanol–water partition coefficient (Wildman–Crippen LogP) is 3.40. The molecule has 19 heavy (non-hydrogen) atoms. The molecule has 0 spiro atoms. The van der Waals surface area contributed by atoms with Gasteiger partial charge < -0.3 is 5.32 Å². The molecule has 1 aromatic carbocycles. The molecule has 1 heterocycles. The summed E-state index contributed by atoms with van der Waals surface area (Å²) in [5.74, 6) is -0.271. The third kappa shape index (κ3) is 3.29. The molecule has 0 amide bonds. The van der Waals surface area contributed by atoms with Crippen molar-refractivity contribution >= 4 is 23.1 Å². The van der Waals surface area contributed by atoms with Crippen LogP contribution in [0.5, 0.6) is 0 Å². The first-order valence-corrected chi connectivity index (χ1v) is 7.23. The summed E-state index contributed by atoms with van der Waals surface area (Å²) in [4.78, 5) is 1.09. The largest absolute Gasteiger partial charge is 0.312 e. The zero-order valence-corrected chi connectivity index (χ0v) is 12.4. The summed E-state index contributed by atoms with van der Waals surface area (Å²) in [6.07, 6.45) is 1.45. The molecule has 2 aromatic rings. The summed E-state index contributed by atoms with van der Waals surface area (Å²) in [5, 5.41) is 7.91. The van der Waals surface area contributed by atoms with Crippen LogP contribution in [-0.4, -0.2) is 16.6 Å². The van der Waals surface area contributed by atoms with Gasteiger partial charge in [0.15, 0.2) is 0 Å². The lowest BCUT2D eigenvalue weighted by Crippen LogP contribution is -2.19. The first kappa shape index (κ1) is 14.4. The van der Waals surface area contributed by atoms with E-state index in [-0.39, 0.29) is 11.9 Å². The van der Waals surface area contributed by atoms with E-state index in [4.69, 9.17) is 11.6 Å². The van der Waals surface area contributed by atoms with Crippen LogP contribution < -0.4 is 5.32 Å². The van der Waals surface area contributed by atoms with Gasteiger partial charge in [0.05, 0.1) is 10.6 Å². The van der Waals surface area contributed by atoms with Gasteiger partial charge in [-0.3, -0.25) is 0 Å². The fourth-order valence-corrected chi connectivity index (χ4v) is 3.01. The maximum atomic E-state index is 13.3. The predicted molar refractivity (Wildman–Crippen MR) is 76.2 cm³/mol. The topological polar surface area (TPSA) is 37.8 Å². The molecule has 6 heteroatoms. The molecular formula is C13H15ClFN3S. The third-order valence-corrected chi connectivity index (χ3v) is 4.27. The minimum atomic E-state index is -0.271. The molecule has 0 saturated heterocycles. The van der Waals surface area contributed by atoms with E-state index in [0.29, 0.717) is 11.4 Å². The lowest BCUT2D eigenvalue weighted by Gasteiger charge is -2.16. The smallest absolute Gasteiger partial charge is 0.123 e. The second kappa shape index (κ2) is 6.41. The number of aryl methyl sites for hydroxylation is 1. The van der Waals surface area contributed by atoms with Crippen LogP contribution in [0.2, 0.25) is 5.02 Å². The Morgan fingerprint density at radius 1 is 1.47 bits per heavy atom.